The summed E-state index contributed by atoms with van der Waals surface area (Å²) >= 11 is 0. The van der Waals surface area contributed by atoms with Crippen LogP contribution in [0.15, 0.2) is 47.1 Å². The van der Waals surface area contributed by atoms with Crippen LogP contribution in [0.3, 0.4) is 0 Å². The largest absolute Gasteiger partial charge is 0.497 e. The van der Waals surface area contributed by atoms with Crippen LogP contribution in [0, 0.1) is 6.92 Å². The van der Waals surface area contributed by atoms with E-state index in [0.29, 0.717) is 17.4 Å². The molecule has 1 unspecified atom stereocenters. The minimum atomic E-state index is -0.721. The first-order valence-corrected chi connectivity index (χ1v) is 9.44. The van der Waals surface area contributed by atoms with Gasteiger partial charge in [0.1, 0.15) is 11.5 Å². The molecule has 0 bridgehead atoms. The van der Waals surface area contributed by atoms with Crippen LogP contribution in [0.5, 0.6) is 11.5 Å². The number of hydrogen-bond acceptors (Lipinski definition) is 6. The van der Waals surface area contributed by atoms with Gasteiger partial charge in [-0.1, -0.05) is 26.0 Å². The molecule has 0 aliphatic heterocycles. The van der Waals surface area contributed by atoms with Crippen molar-refractivity contribution in [2.45, 2.75) is 39.7 Å². The van der Waals surface area contributed by atoms with Gasteiger partial charge in [0.15, 0.2) is 11.8 Å². The zero-order chi connectivity index (χ0) is 21.0. The van der Waals surface area contributed by atoms with E-state index < -0.39 is 6.10 Å². The summed E-state index contributed by atoms with van der Waals surface area (Å²) in [6.07, 6.45) is -0.721. The molecule has 1 heterocycles. The predicted molar refractivity (Wildman–Crippen MR) is 110 cm³/mol. The van der Waals surface area contributed by atoms with E-state index in [-0.39, 0.29) is 11.7 Å². The summed E-state index contributed by atoms with van der Waals surface area (Å²) in [6.45, 7) is 7.85. The number of carbonyl (C=O) groups excluding carboxylic acids is 1. The Morgan fingerprint density at radius 1 is 1.03 bits per heavy atom. The van der Waals surface area contributed by atoms with Crippen molar-refractivity contribution in [2.75, 3.05) is 12.4 Å². The maximum atomic E-state index is 12.6. The molecule has 1 atom stereocenters. The van der Waals surface area contributed by atoms with Crippen molar-refractivity contribution < 1.29 is 18.9 Å². The fraction of sp³-hybridized carbons (Fsp3) is 0.318. The number of hydrogen-bond donors (Lipinski definition) is 1. The maximum Gasteiger partial charge on any atom is 0.266 e. The van der Waals surface area contributed by atoms with Gasteiger partial charge in [0, 0.05) is 5.56 Å². The van der Waals surface area contributed by atoms with Crippen molar-refractivity contribution in [3.8, 4) is 22.8 Å². The molecule has 7 heteroatoms. The molecule has 0 spiro atoms. The molecule has 1 aromatic heterocycles. The Kier molecular flexibility index (Phi) is 6.16. The third-order valence-corrected chi connectivity index (χ3v) is 4.65. The summed E-state index contributed by atoms with van der Waals surface area (Å²) in [6, 6.07) is 13.3. The monoisotopic (exact) mass is 395 g/mol. The second-order valence-electron chi connectivity index (χ2n) is 7.12. The lowest BCUT2D eigenvalue weighted by Gasteiger charge is -2.15. The highest BCUT2D eigenvalue weighted by Crippen LogP contribution is 2.30. The topological polar surface area (TPSA) is 86.5 Å². The molecular weight excluding hydrogens is 370 g/mol. The Morgan fingerprint density at radius 2 is 1.72 bits per heavy atom. The molecule has 0 saturated carbocycles. The minimum Gasteiger partial charge on any atom is -0.497 e. The lowest BCUT2D eigenvalue weighted by atomic mass is 10.0. The third-order valence-electron chi connectivity index (χ3n) is 4.65. The smallest absolute Gasteiger partial charge is 0.266 e. The van der Waals surface area contributed by atoms with Gasteiger partial charge in [-0.25, -0.2) is 4.63 Å². The van der Waals surface area contributed by atoms with Gasteiger partial charge in [-0.05, 0) is 71.5 Å². The zero-order valence-corrected chi connectivity index (χ0v) is 17.2. The minimum absolute atomic E-state index is 0.244. The number of benzene rings is 2. The maximum absolute atomic E-state index is 12.6. The van der Waals surface area contributed by atoms with Crippen LogP contribution in [-0.4, -0.2) is 29.4 Å². The lowest BCUT2D eigenvalue weighted by Crippen LogP contribution is -2.30. The number of aromatic nitrogens is 2. The molecule has 0 aliphatic rings. The van der Waals surface area contributed by atoms with E-state index in [9.17, 15) is 4.79 Å². The average molecular weight is 395 g/mol. The van der Waals surface area contributed by atoms with Crippen molar-refractivity contribution in [1.29, 1.82) is 0 Å². The number of amides is 1. The van der Waals surface area contributed by atoms with Crippen molar-refractivity contribution >= 4 is 11.7 Å². The normalized spacial score (nSPS) is 11.9. The second-order valence-corrected chi connectivity index (χ2v) is 7.12. The van der Waals surface area contributed by atoms with Crippen LogP contribution in [0.2, 0.25) is 0 Å². The summed E-state index contributed by atoms with van der Waals surface area (Å²) < 4.78 is 15.8. The first kappa shape index (κ1) is 20.4. The summed E-state index contributed by atoms with van der Waals surface area (Å²) in [7, 11) is 1.61. The van der Waals surface area contributed by atoms with Crippen LogP contribution < -0.4 is 14.8 Å². The Hall–Kier alpha value is -3.35. The van der Waals surface area contributed by atoms with Gasteiger partial charge in [0.2, 0.25) is 5.82 Å². The van der Waals surface area contributed by atoms with E-state index in [2.05, 4.69) is 29.5 Å². The third kappa shape index (κ3) is 4.74. The first-order chi connectivity index (χ1) is 13.9. The predicted octanol–water partition coefficient (Wildman–Crippen LogP) is 4.58. The number of aryl methyl sites for hydroxylation is 1. The van der Waals surface area contributed by atoms with E-state index in [1.807, 2.05) is 49.4 Å². The molecule has 2 aromatic carbocycles. The van der Waals surface area contributed by atoms with Gasteiger partial charge in [-0.2, -0.15) is 0 Å². The average Bonchev–Trinajstić information content (AvgIpc) is 3.15. The van der Waals surface area contributed by atoms with E-state index in [1.54, 1.807) is 14.0 Å². The van der Waals surface area contributed by atoms with Crippen LogP contribution in [0.4, 0.5) is 5.82 Å². The number of ether oxygens (including phenoxy) is 2. The van der Waals surface area contributed by atoms with Crippen molar-refractivity contribution in [1.82, 2.24) is 10.3 Å². The summed E-state index contributed by atoms with van der Waals surface area (Å²) in [5.41, 5.74) is 3.37. The van der Waals surface area contributed by atoms with Gasteiger partial charge in [0.05, 0.1) is 7.11 Å². The molecule has 3 rings (SSSR count). The van der Waals surface area contributed by atoms with E-state index in [4.69, 9.17) is 14.1 Å². The fourth-order valence-corrected chi connectivity index (χ4v) is 2.88. The van der Waals surface area contributed by atoms with Crippen LogP contribution >= 0.6 is 0 Å². The van der Waals surface area contributed by atoms with Crippen molar-refractivity contribution in [3.63, 3.8) is 0 Å². The van der Waals surface area contributed by atoms with E-state index >= 15 is 0 Å². The molecule has 1 amide bonds. The molecule has 0 aliphatic carbocycles. The SMILES string of the molecule is COc1ccc(-c2nonc2NC(=O)C(C)Oc2ccc(C(C)C)cc2)c(C)c1. The number of anilines is 1. The first-order valence-electron chi connectivity index (χ1n) is 9.44. The summed E-state index contributed by atoms with van der Waals surface area (Å²) in [5, 5.41) is 10.5. The molecule has 1 N–H and O–H groups in total. The molecule has 3 aromatic rings. The molecule has 29 heavy (non-hydrogen) atoms. The van der Waals surface area contributed by atoms with E-state index in [1.165, 1.54) is 5.56 Å². The lowest BCUT2D eigenvalue weighted by molar-refractivity contribution is -0.122. The van der Waals surface area contributed by atoms with E-state index in [0.717, 1.165) is 16.9 Å². The Morgan fingerprint density at radius 3 is 2.34 bits per heavy atom. The van der Waals surface area contributed by atoms with Gasteiger partial charge in [0.25, 0.3) is 5.91 Å². The van der Waals surface area contributed by atoms with Crippen molar-refractivity contribution in [3.05, 3.63) is 53.6 Å². The quantitative estimate of drug-likeness (QED) is 0.630. The standard InChI is InChI=1S/C22H25N3O4/c1-13(2)16-6-8-17(9-7-16)28-15(4)22(26)23-21-20(24-29-25-21)19-11-10-18(27-5)12-14(19)3/h6-13,15H,1-5H3,(H,23,25,26). The summed E-state index contributed by atoms with van der Waals surface area (Å²) in [4.78, 5) is 12.6. The molecule has 7 nitrogen and oxygen atoms in total. The number of rotatable bonds is 7. The zero-order valence-electron chi connectivity index (χ0n) is 17.2. The van der Waals surface area contributed by atoms with Gasteiger partial charge < -0.3 is 14.8 Å². The molecule has 0 saturated heterocycles. The Balaban J connectivity index is 1.70. The number of carbonyl (C=O) groups is 1. The molecule has 0 radical (unpaired) electrons. The Bertz CT molecular complexity index is 980. The van der Waals surface area contributed by atoms with Crippen LogP contribution in [0.25, 0.3) is 11.3 Å². The highest BCUT2D eigenvalue weighted by molar-refractivity contribution is 5.96. The molecular formula is C22H25N3O4. The number of nitrogens with zero attached hydrogens (tertiary/aromatic N) is 2. The van der Waals surface area contributed by atoms with Gasteiger partial charge in [-0.15, -0.1) is 0 Å². The molecule has 152 valence electrons. The highest BCUT2D eigenvalue weighted by Gasteiger charge is 2.21. The summed E-state index contributed by atoms with van der Waals surface area (Å²) in [5.74, 6) is 1.69. The molecule has 0 fully saturated rings. The van der Waals surface area contributed by atoms with Gasteiger partial charge >= 0.3 is 0 Å². The van der Waals surface area contributed by atoms with Crippen LogP contribution in [-0.2, 0) is 4.79 Å². The fourth-order valence-electron chi connectivity index (χ4n) is 2.88. The number of nitrogens with one attached hydrogen (secondary N) is 1. The highest BCUT2D eigenvalue weighted by atomic mass is 16.6. The number of methoxy groups -OCH3 is 1. The second kappa shape index (κ2) is 8.77. The van der Waals surface area contributed by atoms with Gasteiger partial charge in [-0.3, -0.25) is 4.79 Å². The van der Waals surface area contributed by atoms with Crippen LogP contribution in [0.1, 0.15) is 37.8 Å². The Labute approximate surface area is 170 Å². The van der Waals surface area contributed by atoms with Crippen molar-refractivity contribution in [2.24, 2.45) is 0 Å².